The second-order valence-corrected chi connectivity index (χ2v) is 8.43. The van der Waals surface area contributed by atoms with Crippen molar-refractivity contribution < 1.29 is 18.0 Å². The molecule has 0 atom stereocenters. The van der Waals surface area contributed by atoms with Crippen LogP contribution in [0.2, 0.25) is 0 Å². The molecule has 0 aliphatic rings. The number of para-hydroxylation sites is 1. The zero-order valence-electron chi connectivity index (χ0n) is 16.3. The Kier molecular flexibility index (Phi) is 6.01. The Morgan fingerprint density at radius 3 is 2.65 bits per heavy atom. The maximum absolute atomic E-state index is 13.1. The first-order valence-electron chi connectivity index (χ1n) is 9.37. The maximum Gasteiger partial charge on any atom is 0.418 e. The van der Waals surface area contributed by atoms with Crippen LogP contribution < -0.4 is 5.32 Å². The number of rotatable bonds is 6. The van der Waals surface area contributed by atoms with Gasteiger partial charge in [0.05, 0.1) is 17.0 Å². The van der Waals surface area contributed by atoms with Gasteiger partial charge in [0, 0.05) is 27.6 Å². The molecule has 2 aromatic heterocycles. The fourth-order valence-electron chi connectivity index (χ4n) is 3.19. The summed E-state index contributed by atoms with van der Waals surface area (Å²) < 4.78 is 42.4. The van der Waals surface area contributed by atoms with E-state index in [1.165, 1.54) is 18.2 Å². The maximum atomic E-state index is 13.1. The highest BCUT2D eigenvalue weighted by molar-refractivity contribution is 7.99. The van der Waals surface area contributed by atoms with E-state index in [1.807, 2.05) is 41.1 Å². The third-order valence-electron chi connectivity index (χ3n) is 4.59. The van der Waals surface area contributed by atoms with Gasteiger partial charge < -0.3 is 9.88 Å². The van der Waals surface area contributed by atoms with Crippen molar-refractivity contribution in [1.82, 2.24) is 14.8 Å². The standard InChI is InChI=1S/C21H17F3N4OS2/c1-2-28-19(14-11-30-17-10-6-3-7-13(14)17)26-27-20(28)31-12-18(29)25-16-9-5-4-8-15(16)21(22,23)24/h3-11H,2,12H2,1H3,(H,25,29). The third-order valence-corrected chi connectivity index (χ3v) is 6.52. The largest absolute Gasteiger partial charge is 0.418 e. The number of thiophene rings is 1. The number of amides is 1. The van der Waals surface area contributed by atoms with Gasteiger partial charge in [-0.05, 0) is 25.1 Å². The molecule has 0 saturated carbocycles. The van der Waals surface area contributed by atoms with Crippen LogP contribution in [0.4, 0.5) is 18.9 Å². The summed E-state index contributed by atoms with van der Waals surface area (Å²) in [4.78, 5) is 12.3. The summed E-state index contributed by atoms with van der Waals surface area (Å²) in [6.45, 7) is 2.54. The lowest BCUT2D eigenvalue weighted by molar-refractivity contribution is -0.137. The Morgan fingerprint density at radius 1 is 1.13 bits per heavy atom. The number of halogens is 3. The zero-order valence-corrected chi connectivity index (χ0v) is 17.9. The van der Waals surface area contributed by atoms with E-state index in [2.05, 4.69) is 15.5 Å². The minimum atomic E-state index is -4.54. The summed E-state index contributed by atoms with van der Waals surface area (Å²) in [6.07, 6.45) is -4.54. The van der Waals surface area contributed by atoms with E-state index < -0.39 is 17.6 Å². The van der Waals surface area contributed by atoms with Crippen LogP contribution in [0.1, 0.15) is 12.5 Å². The number of hydrogen-bond donors (Lipinski definition) is 1. The monoisotopic (exact) mass is 462 g/mol. The van der Waals surface area contributed by atoms with E-state index in [9.17, 15) is 18.0 Å². The molecular formula is C21H17F3N4OS2. The van der Waals surface area contributed by atoms with Gasteiger partial charge in [0.1, 0.15) is 0 Å². The molecule has 0 aliphatic carbocycles. The molecule has 2 heterocycles. The van der Waals surface area contributed by atoms with Gasteiger partial charge in [0.2, 0.25) is 5.91 Å². The summed E-state index contributed by atoms with van der Waals surface area (Å²) in [7, 11) is 0. The summed E-state index contributed by atoms with van der Waals surface area (Å²) in [5.74, 6) is 0.0643. The SMILES string of the molecule is CCn1c(SCC(=O)Nc2ccccc2C(F)(F)F)nnc1-c1csc2ccccc12. The highest BCUT2D eigenvalue weighted by Gasteiger charge is 2.33. The lowest BCUT2D eigenvalue weighted by atomic mass is 10.1. The van der Waals surface area contributed by atoms with Crippen LogP contribution in [0.5, 0.6) is 0 Å². The Morgan fingerprint density at radius 2 is 1.87 bits per heavy atom. The number of nitrogens with zero attached hydrogens (tertiary/aromatic N) is 3. The van der Waals surface area contributed by atoms with Gasteiger partial charge in [-0.1, -0.05) is 42.1 Å². The Labute approximate surface area is 184 Å². The number of carbonyl (C=O) groups excluding carboxylic acids is 1. The average Bonchev–Trinajstić information content (AvgIpc) is 3.35. The third kappa shape index (κ3) is 4.45. The van der Waals surface area contributed by atoms with Gasteiger partial charge >= 0.3 is 6.18 Å². The highest BCUT2D eigenvalue weighted by Crippen LogP contribution is 2.36. The number of nitrogens with one attached hydrogen (secondary N) is 1. The van der Waals surface area contributed by atoms with Gasteiger partial charge in [0.15, 0.2) is 11.0 Å². The van der Waals surface area contributed by atoms with Crippen molar-refractivity contribution in [2.45, 2.75) is 24.8 Å². The Balaban J connectivity index is 1.51. The van der Waals surface area contributed by atoms with Crippen LogP contribution in [0.25, 0.3) is 21.5 Å². The van der Waals surface area contributed by atoms with Gasteiger partial charge in [-0.15, -0.1) is 21.5 Å². The lowest BCUT2D eigenvalue weighted by Crippen LogP contribution is -2.18. The smallest absolute Gasteiger partial charge is 0.325 e. The molecule has 0 radical (unpaired) electrons. The molecule has 0 bridgehead atoms. The van der Waals surface area contributed by atoms with E-state index in [-0.39, 0.29) is 11.4 Å². The lowest BCUT2D eigenvalue weighted by Gasteiger charge is -2.13. The van der Waals surface area contributed by atoms with E-state index in [1.54, 1.807) is 11.3 Å². The van der Waals surface area contributed by atoms with Crippen LogP contribution >= 0.6 is 23.1 Å². The molecule has 5 nitrogen and oxygen atoms in total. The topological polar surface area (TPSA) is 59.8 Å². The highest BCUT2D eigenvalue weighted by atomic mass is 32.2. The summed E-state index contributed by atoms with van der Waals surface area (Å²) in [6, 6.07) is 12.9. The fraction of sp³-hybridized carbons (Fsp3) is 0.190. The molecule has 31 heavy (non-hydrogen) atoms. The molecule has 160 valence electrons. The van der Waals surface area contributed by atoms with Gasteiger partial charge in [-0.2, -0.15) is 13.2 Å². The molecule has 1 N–H and O–H groups in total. The predicted octanol–water partition coefficient (Wildman–Crippen LogP) is 5.93. The van der Waals surface area contributed by atoms with Gasteiger partial charge in [0.25, 0.3) is 0 Å². The second kappa shape index (κ2) is 8.72. The van der Waals surface area contributed by atoms with Crippen molar-refractivity contribution in [2.24, 2.45) is 0 Å². The van der Waals surface area contributed by atoms with Gasteiger partial charge in [-0.3, -0.25) is 4.79 Å². The number of anilines is 1. The van der Waals surface area contributed by atoms with Crippen molar-refractivity contribution in [3.05, 3.63) is 59.5 Å². The molecule has 10 heteroatoms. The second-order valence-electron chi connectivity index (χ2n) is 6.58. The Hall–Kier alpha value is -2.85. The molecule has 0 saturated heterocycles. The van der Waals surface area contributed by atoms with Crippen molar-refractivity contribution in [1.29, 1.82) is 0 Å². The quantitative estimate of drug-likeness (QED) is 0.361. The number of fused-ring (bicyclic) bond motifs is 1. The van der Waals surface area contributed by atoms with Crippen molar-refractivity contribution in [2.75, 3.05) is 11.1 Å². The number of aromatic nitrogens is 3. The van der Waals surface area contributed by atoms with Crippen molar-refractivity contribution >= 4 is 44.8 Å². The minimum absolute atomic E-state index is 0.0886. The molecule has 4 aromatic rings. The van der Waals surface area contributed by atoms with E-state index >= 15 is 0 Å². The molecule has 0 fully saturated rings. The first-order valence-corrected chi connectivity index (χ1v) is 11.2. The van der Waals surface area contributed by atoms with Crippen LogP contribution in [0.15, 0.2) is 59.1 Å². The minimum Gasteiger partial charge on any atom is -0.325 e. The average molecular weight is 463 g/mol. The van der Waals surface area contributed by atoms with Crippen LogP contribution in [-0.2, 0) is 17.5 Å². The molecule has 2 aromatic carbocycles. The van der Waals surface area contributed by atoms with E-state index in [4.69, 9.17) is 0 Å². The zero-order chi connectivity index (χ0) is 22.0. The summed E-state index contributed by atoms with van der Waals surface area (Å²) in [5, 5.41) is 14.5. The van der Waals surface area contributed by atoms with Crippen LogP contribution in [0.3, 0.4) is 0 Å². The number of hydrogen-bond acceptors (Lipinski definition) is 5. The number of carbonyl (C=O) groups is 1. The van der Waals surface area contributed by atoms with Crippen LogP contribution in [-0.4, -0.2) is 26.4 Å². The van der Waals surface area contributed by atoms with Crippen LogP contribution in [0, 0.1) is 0 Å². The van der Waals surface area contributed by atoms with E-state index in [0.717, 1.165) is 33.5 Å². The van der Waals surface area contributed by atoms with Crippen molar-refractivity contribution in [3.63, 3.8) is 0 Å². The van der Waals surface area contributed by atoms with Gasteiger partial charge in [-0.25, -0.2) is 0 Å². The summed E-state index contributed by atoms with van der Waals surface area (Å²) >= 11 is 2.75. The number of alkyl halides is 3. The number of benzene rings is 2. The Bertz CT molecular complexity index is 1230. The molecule has 0 spiro atoms. The molecule has 1 amide bonds. The fourth-order valence-corrected chi connectivity index (χ4v) is 4.93. The molecule has 4 rings (SSSR count). The molecule has 0 unspecified atom stereocenters. The normalized spacial score (nSPS) is 11.7. The first kappa shape index (κ1) is 21.4. The predicted molar refractivity (Wildman–Crippen MR) is 117 cm³/mol. The first-order chi connectivity index (χ1) is 14.9. The number of thioether (sulfide) groups is 1. The van der Waals surface area contributed by atoms with Crippen molar-refractivity contribution in [3.8, 4) is 11.4 Å². The van der Waals surface area contributed by atoms with E-state index in [0.29, 0.717) is 17.5 Å². The summed E-state index contributed by atoms with van der Waals surface area (Å²) in [5.41, 5.74) is -0.176. The molecular weight excluding hydrogens is 445 g/mol. The molecule has 0 aliphatic heterocycles.